The van der Waals surface area contributed by atoms with E-state index >= 15 is 0 Å². The van der Waals surface area contributed by atoms with Gasteiger partial charge in [-0.1, -0.05) is 60.7 Å². The molecule has 7 nitrogen and oxygen atoms in total. The lowest BCUT2D eigenvalue weighted by molar-refractivity contribution is -0.145. The van der Waals surface area contributed by atoms with Gasteiger partial charge in [-0.2, -0.15) is 0 Å². The Kier molecular flexibility index (Phi) is 9.97. The average molecular weight is 541 g/mol. The summed E-state index contributed by atoms with van der Waals surface area (Å²) in [6, 6.07) is 26.1. The van der Waals surface area contributed by atoms with Crippen molar-refractivity contribution in [2.24, 2.45) is 0 Å². The second-order valence-electron chi connectivity index (χ2n) is 10.6. The second-order valence-corrected chi connectivity index (χ2v) is 10.6. The number of nitrogens with zero attached hydrogens (tertiary/aromatic N) is 3. The molecule has 0 radical (unpaired) electrons. The van der Waals surface area contributed by atoms with Crippen LogP contribution in [-0.2, 0) is 33.9 Å². The van der Waals surface area contributed by atoms with Crippen molar-refractivity contribution in [1.82, 2.24) is 14.8 Å². The summed E-state index contributed by atoms with van der Waals surface area (Å²) in [6.07, 6.45) is 2.73. The van der Waals surface area contributed by atoms with Gasteiger partial charge < -0.3 is 24.4 Å². The van der Waals surface area contributed by atoms with Gasteiger partial charge in [-0.15, -0.1) is 0 Å². The summed E-state index contributed by atoms with van der Waals surface area (Å²) in [5.74, 6) is -0.271. The summed E-state index contributed by atoms with van der Waals surface area (Å²) < 4.78 is 5.69. The van der Waals surface area contributed by atoms with Gasteiger partial charge in [0.15, 0.2) is 0 Å². The van der Waals surface area contributed by atoms with Gasteiger partial charge in [0.25, 0.3) is 0 Å². The van der Waals surface area contributed by atoms with Gasteiger partial charge in [-0.05, 0) is 55.2 Å². The predicted molar refractivity (Wildman–Crippen MR) is 161 cm³/mol. The fraction of sp³-hybridized carbons (Fsp3) is 0.333. The predicted octanol–water partition coefficient (Wildman–Crippen LogP) is 5.26. The Morgan fingerprint density at radius 2 is 1.55 bits per heavy atom. The normalized spacial score (nSPS) is 11.1. The lowest BCUT2D eigenvalue weighted by atomic mass is 10.1. The van der Waals surface area contributed by atoms with Crippen LogP contribution < -0.4 is 4.90 Å². The molecule has 0 spiro atoms. The molecule has 3 aromatic carbocycles. The van der Waals surface area contributed by atoms with Crippen molar-refractivity contribution in [1.29, 1.82) is 0 Å². The quantitative estimate of drug-likeness (QED) is 0.251. The van der Waals surface area contributed by atoms with Crippen molar-refractivity contribution in [2.45, 2.75) is 39.5 Å². The first-order valence-corrected chi connectivity index (χ1v) is 13.8. The molecule has 4 aromatic rings. The van der Waals surface area contributed by atoms with Crippen molar-refractivity contribution < 1.29 is 14.3 Å². The number of hydrogen-bond donors (Lipinski definition) is 1. The Morgan fingerprint density at radius 3 is 2.25 bits per heavy atom. The van der Waals surface area contributed by atoms with E-state index in [1.54, 1.807) is 4.90 Å². The zero-order valence-corrected chi connectivity index (χ0v) is 24.0. The number of H-pyrrole nitrogens is 1. The lowest BCUT2D eigenvalue weighted by Crippen LogP contribution is -2.47. The molecule has 0 aliphatic rings. The van der Waals surface area contributed by atoms with Gasteiger partial charge in [-0.25, -0.2) is 0 Å². The van der Waals surface area contributed by atoms with E-state index in [0.717, 1.165) is 22.3 Å². The van der Waals surface area contributed by atoms with Crippen molar-refractivity contribution in [3.8, 4) is 0 Å². The van der Waals surface area contributed by atoms with Gasteiger partial charge >= 0.3 is 0 Å². The largest absolute Gasteiger partial charge is 0.378 e. The number of carbonyl (C=O) groups excluding carboxylic acids is 2. The van der Waals surface area contributed by atoms with Gasteiger partial charge in [-0.3, -0.25) is 9.59 Å². The molecule has 0 aliphatic carbocycles. The number of anilines is 1. The zero-order valence-electron chi connectivity index (χ0n) is 24.0. The Labute approximate surface area is 237 Å². The van der Waals surface area contributed by atoms with Gasteiger partial charge in [0.1, 0.15) is 13.2 Å². The maximum absolute atomic E-state index is 13.7. The molecule has 40 heavy (non-hydrogen) atoms. The Morgan fingerprint density at radius 1 is 0.850 bits per heavy atom. The standard InChI is InChI=1S/C33H40N4O3/c1-25(2)37(33(39)24-40-23-27-10-6-5-7-11-27)22-32(38)36(21-26-14-16-29(17-15-26)35(3)4)19-18-28-20-34-31-13-9-8-12-30(28)31/h5-17,20,25,34H,18-19,21-24H2,1-4H3. The molecule has 0 atom stereocenters. The van der Waals surface area contributed by atoms with E-state index in [1.165, 1.54) is 10.9 Å². The maximum Gasteiger partial charge on any atom is 0.249 e. The first-order valence-electron chi connectivity index (χ1n) is 13.8. The Hall–Kier alpha value is -4.10. The highest BCUT2D eigenvalue weighted by atomic mass is 16.5. The Balaban J connectivity index is 1.45. The lowest BCUT2D eigenvalue weighted by Gasteiger charge is -2.30. The summed E-state index contributed by atoms with van der Waals surface area (Å²) in [4.78, 5) is 35.7. The number of fused-ring (bicyclic) bond motifs is 1. The molecule has 1 N–H and O–H groups in total. The minimum Gasteiger partial charge on any atom is -0.378 e. The number of hydrogen-bond acceptors (Lipinski definition) is 4. The van der Waals surface area contributed by atoms with Crippen LogP contribution in [0.5, 0.6) is 0 Å². The van der Waals surface area contributed by atoms with Crippen LogP contribution in [-0.4, -0.2) is 66.4 Å². The van der Waals surface area contributed by atoms with E-state index < -0.39 is 0 Å². The van der Waals surface area contributed by atoms with Crippen LogP contribution in [0, 0.1) is 0 Å². The molecular weight excluding hydrogens is 500 g/mol. The minimum atomic E-state index is -0.189. The molecular formula is C33H40N4O3. The van der Waals surface area contributed by atoms with E-state index in [-0.39, 0.29) is 31.0 Å². The van der Waals surface area contributed by atoms with Crippen LogP contribution in [0.25, 0.3) is 10.9 Å². The summed E-state index contributed by atoms with van der Waals surface area (Å²) in [5, 5.41) is 1.17. The number of aromatic nitrogens is 1. The van der Waals surface area contributed by atoms with Crippen molar-refractivity contribution in [2.75, 3.05) is 38.7 Å². The number of aromatic amines is 1. The number of carbonyl (C=O) groups is 2. The fourth-order valence-corrected chi connectivity index (χ4v) is 4.72. The third-order valence-corrected chi connectivity index (χ3v) is 7.09. The first kappa shape index (κ1) is 28.9. The maximum atomic E-state index is 13.7. The molecule has 0 aliphatic heterocycles. The van der Waals surface area contributed by atoms with Crippen molar-refractivity contribution >= 4 is 28.4 Å². The number of benzene rings is 3. The van der Waals surface area contributed by atoms with Crippen LogP contribution in [0.15, 0.2) is 85.1 Å². The van der Waals surface area contributed by atoms with Crippen LogP contribution in [0.1, 0.15) is 30.5 Å². The summed E-state index contributed by atoms with van der Waals surface area (Å²) in [5.41, 5.74) is 5.41. The highest BCUT2D eigenvalue weighted by molar-refractivity contribution is 5.86. The molecule has 7 heteroatoms. The Bertz CT molecular complexity index is 1380. The van der Waals surface area contributed by atoms with E-state index in [9.17, 15) is 9.59 Å². The minimum absolute atomic E-state index is 0.00879. The summed E-state index contributed by atoms with van der Waals surface area (Å²) in [6.45, 7) is 5.17. The molecule has 1 aromatic heterocycles. The number of amides is 2. The smallest absolute Gasteiger partial charge is 0.249 e. The van der Waals surface area contributed by atoms with Crippen molar-refractivity contribution in [3.05, 3.63) is 102 Å². The summed E-state index contributed by atoms with van der Waals surface area (Å²) in [7, 11) is 4.01. The third kappa shape index (κ3) is 7.73. The average Bonchev–Trinajstić information content (AvgIpc) is 3.37. The number of para-hydroxylation sites is 1. The molecule has 1 heterocycles. The topological polar surface area (TPSA) is 68.9 Å². The molecule has 4 rings (SSSR count). The molecule has 0 saturated carbocycles. The number of ether oxygens (including phenoxy) is 1. The van der Waals surface area contributed by atoms with Crippen LogP contribution in [0.3, 0.4) is 0 Å². The first-order chi connectivity index (χ1) is 19.3. The zero-order chi connectivity index (χ0) is 28.5. The summed E-state index contributed by atoms with van der Waals surface area (Å²) >= 11 is 0. The van der Waals surface area contributed by atoms with Crippen molar-refractivity contribution in [3.63, 3.8) is 0 Å². The molecule has 2 amide bonds. The molecule has 0 saturated heterocycles. The molecule has 0 unspecified atom stereocenters. The van der Waals surface area contributed by atoms with Crippen LogP contribution >= 0.6 is 0 Å². The fourth-order valence-electron chi connectivity index (χ4n) is 4.72. The molecule has 210 valence electrons. The van der Waals surface area contributed by atoms with E-state index in [2.05, 4.69) is 46.3 Å². The van der Waals surface area contributed by atoms with Crippen LogP contribution in [0.4, 0.5) is 5.69 Å². The van der Waals surface area contributed by atoms with Gasteiger partial charge in [0, 0.05) is 56.0 Å². The molecule has 0 bridgehead atoms. The highest BCUT2D eigenvalue weighted by Gasteiger charge is 2.24. The van der Waals surface area contributed by atoms with E-state index in [4.69, 9.17) is 4.74 Å². The third-order valence-electron chi connectivity index (χ3n) is 7.09. The number of rotatable bonds is 13. The second kappa shape index (κ2) is 13.8. The van der Waals surface area contributed by atoms with Gasteiger partial charge in [0.2, 0.25) is 11.8 Å². The highest BCUT2D eigenvalue weighted by Crippen LogP contribution is 2.20. The van der Waals surface area contributed by atoms with Gasteiger partial charge in [0.05, 0.1) is 6.61 Å². The van der Waals surface area contributed by atoms with E-state index in [1.807, 2.05) is 81.5 Å². The molecule has 0 fully saturated rings. The monoisotopic (exact) mass is 540 g/mol. The van der Waals surface area contributed by atoms with Crippen LogP contribution in [0.2, 0.25) is 0 Å². The SMILES string of the molecule is CC(C)N(CC(=O)N(CCc1c[nH]c2ccccc12)Cc1ccc(N(C)C)cc1)C(=O)COCc1ccccc1. The number of nitrogens with one attached hydrogen (secondary N) is 1. The van der Waals surface area contributed by atoms with E-state index in [0.29, 0.717) is 26.1 Å².